The molecule has 4 heteroatoms. The van der Waals surface area contributed by atoms with Crippen molar-refractivity contribution in [3.8, 4) is 0 Å². The summed E-state index contributed by atoms with van der Waals surface area (Å²) in [7, 11) is 0. The third-order valence-corrected chi connectivity index (χ3v) is 5.15. The van der Waals surface area contributed by atoms with Crippen LogP contribution in [0.5, 0.6) is 0 Å². The zero-order valence-electron chi connectivity index (χ0n) is 16.6. The maximum Gasteiger partial charge on any atom is 0.220 e. The molecule has 1 N–H and O–H groups in total. The van der Waals surface area contributed by atoms with Crippen LogP contribution in [-0.2, 0) is 11.2 Å². The molecule has 4 aromatic rings. The molecule has 4 rings (SSSR count). The average Bonchev–Trinajstić information content (AvgIpc) is 3.15. The molecule has 1 amide bonds. The monoisotopic (exact) mass is 383 g/mol. The lowest BCUT2D eigenvalue weighted by Gasteiger charge is -2.17. The van der Waals surface area contributed by atoms with Crippen LogP contribution in [0.25, 0.3) is 5.65 Å². The van der Waals surface area contributed by atoms with Gasteiger partial charge in [0, 0.05) is 37.7 Å². The minimum Gasteiger partial charge on any atom is -0.356 e. The molecule has 0 aliphatic carbocycles. The first-order valence-corrected chi connectivity index (χ1v) is 10.00. The van der Waals surface area contributed by atoms with Crippen LogP contribution in [0.1, 0.15) is 34.7 Å². The highest BCUT2D eigenvalue weighted by molar-refractivity contribution is 5.77. The van der Waals surface area contributed by atoms with Crippen molar-refractivity contribution in [3.63, 3.8) is 0 Å². The van der Waals surface area contributed by atoms with E-state index >= 15 is 0 Å². The predicted molar refractivity (Wildman–Crippen MR) is 116 cm³/mol. The molecule has 0 fully saturated rings. The van der Waals surface area contributed by atoms with Crippen LogP contribution in [0.2, 0.25) is 0 Å². The van der Waals surface area contributed by atoms with Crippen LogP contribution in [-0.4, -0.2) is 21.8 Å². The number of amides is 1. The Hall–Kier alpha value is -3.40. The molecule has 0 spiro atoms. The Kier molecular flexibility index (Phi) is 5.71. The maximum absolute atomic E-state index is 12.7. The van der Waals surface area contributed by atoms with Gasteiger partial charge in [0.05, 0.1) is 5.69 Å². The van der Waals surface area contributed by atoms with Crippen molar-refractivity contribution in [1.29, 1.82) is 0 Å². The van der Waals surface area contributed by atoms with Crippen molar-refractivity contribution in [2.24, 2.45) is 0 Å². The predicted octanol–water partition coefficient (Wildman–Crippen LogP) is 4.52. The summed E-state index contributed by atoms with van der Waals surface area (Å²) in [4.78, 5) is 17.3. The number of imidazole rings is 1. The van der Waals surface area contributed by atoms with Crippen molar-refractivity contribution in [2.45, 2.75) is 25.7 Å². The highest BCUT2D eigenvalue weighted by Gasteiger charge is 2.17. The maximum atomic E-state index is 12.7. The molecule has 0 radical (unpaired) electrons. The lowest BCUT2D eigenvalue weighted by atomic mass is 9.88. The number of hydrogen-bond donors (Lipinski definition) is 1. The summed E-state index contributed by atoms with van der Waals surface area (Å²) in [5, 5.41) is 3.07. The standard InChI is InChI=1S/C25H25N3O/c1-19-12-13-24-27-22(18-28(24)17-19)14-15-26-25(29)16-23(20-8-4-2-5-9-20)21-10-6-3-7-11-21/h2-13,17-18,23H,14-16H2,1H3,(H,26,29). The minimum absolute atomic E-state index is 0.0515. The van der Waals surface area contributed by atoms with Gasteiger partial charge in [0.1, 0.15) is 5.65 Å². The molecule has 0 aliphatic heterocycles. The Morgan fingerprint density at radius 1 is 0.931 bits per heavy atom. The Balaban J connectivity index is 1.39. The summed E-state index contributed by atoms with van der Waals surface area (Å²) in [6, 6.07) is 24.5. The topological polar surface area (TPSA) is 46.4 Å². The molecule has 4 nitrogen and oxygen atoms in total. The van der Waals surface area contributed by atoms with Crippen molar-refractivity contribution in [3.05, 3.63) is 108 Å². The van der Waals surface area contributed by atoms with Crippen LogP contribution in [0, 0.1) is 6.92 Å². The number of aryl methyl sites for hydroxylation is 1. The molecular weight excluding hydrogens is 358 g/mol. The highest BCUT2D eigenvalue weighted by atomic mass is 16.1. The van der Waals surface area contributed by atoms with Crippen LogP contribution in [0.15, 0.2) is 85.2 Å². The van der Waals surface area contributed by atoms with Gasteiger partial charge in [-0.25, -0.2) is 4.98 Å². The fourth-order valence-corrected chi connectivity index (χ4v) is 3.66. The SMILES string of the molecule is Cc1ccc2nc(CCNC(=O)CC(c3ccccc3)c3ccccc3)cn2c1. The molecule has 0 aliphatic rings. The highest BCUT2D eigenvalue weighted by Crippen LogP contribution is 2.27. The van der Waals surface area contributed by atoms with Gasteiger partial charge in [0.25, 0.3) is 0 Å². The van der Waals surface area contributed by atoms with Gasteiger partial charge < -0.3 is 9.72 Å². The number of benzene rings is 2. The summed E-state index contributed by atoms with van der Waals surface area (Å²) in [5.74, 6) is 0.109. The van der Waals surface area contributed by atoms with E-state index in [0.29, 0.717) is 19.4 Å². The lowest BCUT2D eigenvalue weighted by molar-refractivity contribution is -0.121. The molecule has 2 aromatic carbocycles. The molecule has 2 heterocycles. The van der Waals surface area contributed by atoms with E-state index in [-0.39, 0.29) is 11.8 Å². The van der Waals surface area contributed by atoms with Crippen molar-refractivity contribution in [1.82, 2.24) is 14.7 Å². The smallest absolute Gasteiger partial charge is 0.220 e. The number of rotatable bonds is 7. The number of pyridine rings is 1. The largest absolute Gasteiger partial charge is 0.356 e. The van der Waals surface area contributed by atoms with Gasteiger partial charge in [-0.2, -0.15) is 0 Å². The molecule has 0 atom stereocenters. The Bertz CT molecular complexity index is 1050. The molecule has 2 aromatic heterocycles. The number of carbonyl (C=O) groups is 1. The van der Waals surface area contributed by atoms with Crippen LogP contribution in [0.4, 0.5) is 0 Å². The Labute approximate surface area is 171 Å². The fraction of sp³-hybridized carbons (Fsp3) is 0.200. The van der Waals surface area contributed by atoms with Gasteiger partial charge in [-0.15, -0.1) is 0 Å². The van der Waals surface area contributed by atoms with Gasteiger partial charge in [-0.05, 0) is 29.7 Å². The van der Waals surface area contributed by atoms with E-state index in [4.69, 9.17) is 0 Å². The van der Waals surface area contributed by atoms with Gasteiger partial charge in [-0.3, -0.25) is 4.79 Å². The Morgan fingerprint density at radius 2 is 1.59 bits per heavy atom. The third-order valence-electron chi connectivity index (χ3n) is 5.15. The number of hydrogen-bond acceptors (Lipinski definition) is 2. The summed E-state index contributed by atoms with van der Waals surface area (Å²) < 4.78 is 2.04. The molecule has 0 bridgehead atoms. The van der Waals surface area contributed by atoms with Crippen molar-refractivity contribution < 1.29 is 4.79 Å². The quantitative estimate of drug-likeness (QED) is 0.510. The van der Waals surface area contributed by atoms with E-state index in [1.807, 2.05) is 53.1 Å². The number of carbonyl (C=O) groups excluding carboxylic acids is 1. The molecule has 0 saturated heterocycles. The summed E-state index contributed by atoms with van der Waals surface area (Å²) >= 11 is 0. The summed E-state index contributed by atoms with van der Waals surface area (Å²) in [5.41, 5.74) is 5.43. The van der Waals surface area contributed by atoms with E-state index in [1.54, 1.807) is 0 Å². The van der Waals surface area contributed by atoms with E-state index in [1.165, 1.54) is 5.56 Å². The zero-order valence-corrected chi connectivity index (χ0v) is 16.6. The number of aromatic nitrogens is 2. The van der Waals surface area contributed by atoms with Crippen molar-refractivity contribution in [2.75, 3.05) is 6.54 Å². The van der Waals surface area contributed by atoms with E-state index in [2.05, 4.69) is 53.8 Å². The van der Waals surface area contributed by atoms with E-state index in [0.717, 1.165) is 22.5 Å². The molecule has 29 heavy (non-hydrogen) atoms. The third kappa shape index (κ3) is 4.72. The normalized spacial score (nSPS) is 11.1. The van der Waals surface area contributed by atoms with Gasteiger partial charge in [-0.1, -0.05) is 66.7 Å². The molecule has 0 unspecified atom stereocenters. The van der Waals surface area contributed by atoms with Crippen molar-refractivity contribution >= 4 is 11.6 Å². The first-order valence-electron chi connectivity index (χ1n) is 10.00. The first kappa shape index (κ1) is 18.9. The lowest BCUT2D eigenvalue weighted by Crippen LogP contribution is -2.27. The number of fused-ring (bicyclic) bond motifs is 1. The second kappa shape index (κ2) is 8.74. The second-order valence-electron chi connectivity index (χ2n) is 7.38. The van der Waals surface area contributed by atoms with Crippen LogP contribution < -0.4 is 5.32 Å². The van der Waals surface area contributed by atoms with Crippen LogP contribution >= 0.6 is 0 Å². The summed E-state index contributed by atoms with van der Waals surface area (Å²) in [6.07, 6.45) is 5.24. The summed E-state index contributed by atoms with van der Waals surface area (Å²) in [6.45, 7) is 2.65. The fourth-order valence-electron chi connectivity index (χ4n) is 3.66. The average molecular weight is 383 g/mol. The van der Waals surface area contributed by atoms with Gasteiger partial charge >= 0.3 is 0 Å². The Morgan fingerprint density at radius 3 is 2.24 bits per heavy atom. The van der Waals surface area contributed by atoms with Gasteiger partial charge in [0.2, 0.25) is 5.91 Å². The second-order valence-corrected chi connectivity index (χ2v) is 7.38. The molecule has 0 saturated carbocycles. The number of nitrogens with one attached hydrogen (secondary N) is 1. The minimum atomic E-state index is 0.0515. The van der Waals surface area contributed by atoms with E-state index in [9.17, 15) is 4.79 Å². The zero-order chi connectivity index (χ0) is 20.1. The number of nitrogens with zero attached hydrogens (tertiary/aromatic N) is 2. The van der Waals surface area contributed by atoms with Crippen LogP contribution in [0.3, 0.4) is 0 Å². The van der Waals surface area contributed by atoms with Gasteiger partial charge in [0.15, 0.2) is 0 Å². The molecular formula is C25H25N3O. The van der Waals surface area contributed by atoms with E-state index < -0.39 is 0 Å². The molecule has 146 valence electrons. The first-order chi connectivity index (χ1) is 14.2.